The minimum atomic E-state index is -0.971. The van der Waals surface area contributed by atoms with E-state index in [-0.39, 0.29) is 17.2 Å². The monoisotopic (exact) mass is 249 g/mol. The highest BCUT2D eigenvalue weighted by molar-refractivity contribution is 5.98. The van der Waals surface area contributed by atoms with E-state index < -0.39 is 11.4 Å². The molecule has 96 valence electrons. The van der Waals surface area contributed by atoms with Crippen molar-refractivity contribution in [2.45, 2.75) is 32.2 Å². The zero-order valence-electron chi connectivity index (χ0n) is 10.5. The van der Waals surface area contributed by atoms with Crippen molar-refractivity contribution in [2.24, 2.45) is 5.73 Å². The van der Waals surface area contributed by atoms with Gasteiger partial charge in [-0.05, 0) is 31.0 Å². The number of amides is 1. The number of carbonyl (C=O) groups excluding carboxylic acids is 1. The Morgan fingerprint density at radius 3 is 2.61 bits per heavy atom. The van der Waals surface area contributed by atoms with Crippen LogP contribution in [0.3, 0.4) is 0 Å². The first kappa shape index (κ1) is 14.1. The molecule has 0 saturated carbocycles. The van der Waals surface area contributed by atoms with Gasteiger partial charge in [0, 0.05) is 0 Å². The Labute approximate surface area is 106 Å². The van der Waals surface area contributed by atoms with E-state index in [0.717, 1.165) is 6.07 Å². The summed E-state index contributed by atoms with van der Waals surface area (Å²) in [5, 5.41) is 11.5. The van der Waals surface area contributed by atoms with E-state index in [1.165, 1.54) is 12.1 Å². The average Bonchev–Trinajstić information content (AvgIpc) is 2.39. The molecule has 1 aromatic rings. The second kappa shape index (κ2) is 5.61. The summed E-state index contributed by atoms with van der Waals surface area (Å²) in [6, 6.07) is 5.45. The van der Waals surface area contributed by atoms with Gasteiger partial charge < -0.3 is 11.1 Å². The number of nitrogens with zero attached hydrogens (tertiary/aromatic N) is 1. The molecule has 0 radical (unpaired) electrons. The van der Waals surface area contributed by atoms with E-state index in [1.807, 2.05) is 19.9 Å². The molecular formula is C13H16FN3O. The molecule has 1 aromatic carbocycles. The lowest BCUT2D eigenvalue weighted by molar-refractivity contribution is -0.121. The van der Waals surface area contributed by atoms with E-state index in [9.17, 15) is 9.18 Å². The van der Waals surface area contributed by atoms with Crippen LogP contribution in [-0.2, 0) is 4.79 Å². The summed E-state index contributed by atoms with van der Waals surface area (Å²) in [4.78, 5) is 12.0. The molecule has 1 rings (SSSR count). The predicted octanol–water partition coefficient (Wildman–Crippen LogP) is 2.15. The second-order valence-corrected chi connectivity index (χ2v) is 4.12. The van der Waals surface area contributed by atoms with Gasteiger partial charge in [0.2, 0.25) is 5.91 Å². The van der Waals surface area contributed by atoms with E-state index in [2.05, 4.69) is 5.32 Å². The fourth-order valence-electron chi connectivity index (χ4n) is 1.54. The Bertz CT molecular complexity index is 489. The Morgan fingerprint density at radius 2 is 2.11 bits per heavy atom. The third-order valence-electron chi connectivity index (χ3n) is 3.06. The van der Waals surface area contributed by atoms with E-state index in [0.29, 0.717) is 12.8 Å². The van der Waals surface area contributed by atoms with Crippen LogP contribution in [0.25, 0.3) is 0 Å². The molecule has 0 atom stereocenters. The first-order valence-corrected chi connectivity index (χ1v) is 5.76. The van der Waals surface area contributed by atoms with Gasteiger partial charge in [0.25, 0.3) is 0 Å². The maximum atomic E-state index is 12.9. The maximum Gasteiger partial charge on any atom is 0.244 e. The highest BCUT2D eigenvalue weighted by Crippen LogP contribution is 2.19. The smallest absolute Gasteiger partial charge is 0.244 e. The molecule has 0 aliphatic heterocycles. The minimum absolute atomic E-state index is 0.0814. The molecule has 1 amide bonds. The van der Waals surface area contributed by atoms with Crippen LogP contribution in [0.4, 0.5) is 10.1 Å². The van der Waals surface area contributed by atoms with Gasteiger partial charge in [-0.25, -0.2) is 4.39 Å². The normalized spacial score (nSPS) is 10.8. The lowest BCUT2D eigenvalue weighted by Gasteiger charge is -2.25. The number of nitriles is 1. The number of hydrogen-bond donors (Lipinski definition) is 2. The molecule has 0 fully saturated rings. The molecule has 0 bridgehead atoms. The highest BCUT2D eigenvalue weighted by Gasteiger charge is 2.30. The second-order valence-electron chi connectivity index (χ2n) is 4.12. The van der Waals surface area contributed by atoms with Crippen molar-refractivity contribution in [2.75, 3.05) is 5.32 Å². The van der Waals surface area contributed by atoms with Crippen molar-refractivity contribution in [1.29, 1.82) is 5.26 Å². The van der Waals surface area contributed by atoms with Crippen LogP contribution in [-0.4, -0.2) is 11.4 Å². The third-order valence-corrected chi connectivity index (χ3v) is 3.06. The summed E-state index contributed by atoms with van der Waals surface area (Å²) in [6.07, 6.45) is 0.969. The van der Waals surface area contributed by atoms with Crippen molar-refractivity contribution in [1.82, 2.24) is 0 Å². The number of rotatable bonds is 4. The number of nitrogens with one attached hydrogen (secondary N) is 1. The number of carbonyl (C=O) groups is 1. The summed E-state index contributed by atoms with van der Waals surface area (Å²) in [5.74, 6) is -0.884. The van der Waals surface area contributed by atoms with Gasteiger partial charge >= 0.3 is 0 Å². The highest BCUT2D eigenvalue weighted by atomic mass is 19.1. The molecule has 0 unspecified atom stereocenters. The first-order chi connectivity index (χ1) is 8.46. The molecule has 5 heteroatoms. The summed E-state index contributed by atoms with van der Waals surface area (Å²) < 4.78 is 12.9. The number of benzene rings is 1. The summed E-state index contributed by atoms with van der Waals surface area (Å²) >= 11 is 0. The first-order valence-electron chi connectivity index (χ1n) is 5.76. The molecule has 0 saturated heterocycles. The fraction of sp³-hybridized carbons (Fsp3) is 0.385. The molecule has 0 aliphatic carbocycles. The van der Waals surface area contributed by atoms with Crippen LogP contribution in [0.15, 0.2) is 18.2 Å². The summed E-state index contributed by atoms with van der Waals surface area (Å²) in [5.41, 5.74) is 5.33. The average molecular weight is 249 g/mol. The molecule has 18 heavy (non-hydrogen) atoms. The van der Waals surface area contributed by atoms with Crippen LogP contribution in [0.1, 0.15) is 32.3 Å². The molecule has 0 aromatic heterocycles. The summed E-state index contributed by atoms with van der Waals surface area (Å²) in [6.45, 7) is 3.64. The summed E-state index contributed by atoms with van der Waals surface area (Å²) in [7, 11) is 0. The van der Waals surface area contributed by atoms with Crippen LogP contribution in [0, 0.1) is 17.1 Å². The lowest BCUT2D eigenvalue weighted by Crippen LogP contribution is -2.50. The molecule has 4 nitrogen and oxygen atoms in total. The van der Waals surface area contributed by atoms with Gasteiger partial charge in [-0.2, -0.15) is 5.26 Å². The maximum absolute atomic E-state index is 12.9. The Kier molecular flexibility index (Phi) is 4.40. The van der Waals surface area contributed by atoms with E-state index in [1.54, 1.807) is 0 Å². The molecule has 0 heterocycles. The quantitative estimate of drug-likeness (QED) is 0.858. The lowest BCUT2D eigenvalue weighted by atomic mass is 9.93. The van der Waals surface area contributed by atoms with Crippen LogP contribution in [0.2, 0.25) is 0 Å². The Morgan fingerprint density at radius 1 is 1.50 bits per heavy atom. The molecule has 3 N–H and O–H groups in total. The number of anilines is 1. The van der Waals surface area contributed by atoms with Crippen molar-refractivity contribution in [3.63, 3.8) is 0 Å². The van der Waals surface area contributed by atoms with Gasteiger partial charge in [-0.15, -0.1) is 0 Å². The SMILES string of the molecule is CCC(N)(CC)C(=O)Nc1ccc(F)cc1C#N. The largest absolute Gasteiger partial charge is 0.323 e. The van der Waals surface area contributed by atoms with Crippen molar-refractivity contribution in [3.05, 3.63) is 29.6 Å². The zero-order valence-corrected chi connectivity index (χ0v) is 10.5. The van der Waals surface area contributed by atoms with Gasteiger partial charge in [-0.1, -0.05) is 13.8 Å². The van der Waals surface area contributed by atoms with Gasteiger partial charge in [0.1, 0.15) is 11.9 Å². The zero-order chi connectivity index (χ0) is 13.8. The number of hydrogen-bond acceptors (Lipinski definition) is 3. The van der Waals surface area contributed by atoms with Gasteiger partial charge in [-0.3, -0.25) is 4.79 Å². The topological polar surface area (TPSA) is 78.9 Å². The van der Waals surface area contributed by atoms with Crippen molar-refractivity contribution < 1.29 is 9.18 Å². The van der Waals surface area contributed by atoms with Crippen molar-refractivity contribution >= 4 is 11.6 Å². The van der Waals surface area contributed by atoms with E-state index in [4.69, 9.17) is 11.0 Å². The van der Waals surface area contributed by atoms with Gasteiger partial charge in [0.05, 0.1) is 16.8 Å². The van der Waals surface area contributed by atoms with E-state index >= 15 is 0 Å². The number of nitrogens with two attached hydrogens (primary N) is 1. The van der Waals surface area contributed by atoms with Crippen LogP contribution in [0.5, 0.6) is 0 Å². The van der Waals surface area contributed by atoms with Crippen molar-refractivity contribution in [3.8, 4) is 6.07 Å². The predicted molar refractivity (Wildman–Crippen MR) is 67.2 cm³/mol. The van der Waals surface area contributed by atoms with Gasteiger partial charge in [0.15, 0.2) is 0 Å². The third kappa shape index (κ3) is 2.84. The fourth-order valence-corrected chi connectivity index (χ4v) is 1.54. The minimum Gasteiger partial charge on any atom is -0.323 e. The van der Waals surface area contributed by atoms with Crippen LogP contribution >= 0.6 is 0 Å². The Hall–Kier alpha value is -1.93. The Balaban J connectivity index is 2.99. The standard InChI is InChI=1S/C13H16FN3O/c1-3-13(16,4-2)12(18)17-11-6-5-10(14)7-9(11)8-15/h5-7H,3-4,16H2,1-2H3,(H,17,18). The molecular weight excluding hydrogens is 233 g/mol. The molecule has 0 aliphatic rings. The molecule has 0 spiro atoms. The number of halogens is 1. The van der Waals surface area contributed by atoms with Crippen LogP contribution < -0.4 is 11.1 Å².